The number of fused-ring (bicyclic) bond motifs is 1. The van der Waals surface area contributed by atoms with Crippen LogP contribution in [0.3, 0.4) is 0 Å². The molecule has 2 aromatic rings. The zero-order valence-electron chi connectivity index (χ0n) is 15.4. The molecular weight excluding hydrogens is 328 g/mol. The predicted molar refractivity (Wildman–Crippen MR) is 102 cm³/mol. The number of amides is 2. The van der Waals surface area contributed by atoms with Crippen molar-refractivity contribution in [2.45, 2.75) is 40.2 Å². The van der Waals surface area contributed by atoms with Gasteiger partial charge in [0.05, 0.1) is 11.3 Å². The second-order valence-electron chi connectivity index (χ2n) is 6.66. The standard InChI is InChI=1S/C21H22N2O3/c1-5-16(20(25)22-17-12(2)8-6-9-13(17)3)23-18-14(4)10-7-11-15(18)19(24)21(23)26/h6-11,16H,5H2,1-4H3,(H,22,25). The van der Waals surface area contributed by atoms with Gasteiger partial charge < -0.3 is 5.32 Å². The van der Waals surface area contributed by atoms with Crippen LogP contribution in [0.1, 0.15) is 40.4 Å². The smallest absolute Gasteiger partial charge is 0.300 e. The molecule has 0 radical (unpaired) electrons. The summed E-state index contributed by atoms with van der Waals surface area (Å²) in [6, 6.07) is 10.3. The largest absolute Gasteiger partial charge is 0.324 e. The van der Waals surface area contributed by atoms with Crippen LogP contribution in [-0.4, -0.2) is 23.6 Å². The number of rotatable bonds is 4. The number of aryl methyl sites for hydroxylation is 3. The van der Waals surface area contributed by atoms with E-state index in [1.165, 1.54) is 4.90 Å². The second-order valence-corrected chi connectivity index (χ2v) is 6.66. The topological polar surface area (TPSA) is 66.5 Å². The molecule has 0 spiro atoms. The maximum absolute atomic E-state index is 13.0. The maximum atomic E-state index is 13.0. The highest BCUT2D eigenvalue weighted by Gasteiger charge is 2.42. The number of nitrogens with one attached hydrogen (secondary N) is 1. The Kier molecular flexibility index (Phi) is 4.64. The van der Waals surface area contributed by atoms with Gasteiger partial charge in [-0.25, -0.2) is 0 Å². The molecule has 5 nitrogen and oxygen atoms in total. The molecular formula is C21H22N2O3. The van der Waals surface area contributed by atoms with Gasteiger partial charge in [-0.05, 0) is 49.9 Å². The Hall–Kier alpha value is -2.95. The van der Waals surface area contributed by atoms with Crippen molar-refractivity contribution >= 4 is 29.0 Å². The van der Waals surface area contributed by atoms with Gasteiger partial charge in [0, 0.05) is 5.69 Å². The van der Waals surface area contributed by atoms with Crippen LogP contribution in [0.5, 0.6) is 0 Å². The van der Waals surface area contributed by atoms with Crippen molar-refractivity contribution in [1.82, 2.24) is 0 Å². The number of para-hydroxylation sites is 2. The SMILES string of the molecule is CCC(C(=O)Nc1c(C)cccc1C)N1C(=O)C(=O)c2cccc(C)c21. The van der Waals surface area contributed by atoms with Crippen LogP contribution in [0, 0.1) is 20.8 Å². The molecule has 3 rings (SSSR count). The molecule has 0 aliphatic carbocycles. The summed E-state index contributed by atoms with van der Waals surface area (Å²) in [4.78, 5) is 39.3. The van der Waals surface area contributed by atoms with Crippen molar-refractivity contribution in [1.29, 1.82) is 0 Å². The molecule has 134 valence electrons. The fraction of sp³-hybridized carbons (Fsp3) is 0.286. The highest BCUT2D eigenvalue weighted by atomic mass is 16.2. The average molecular weight is 350 g/mol. The summed E-state index contributed by atoms with van der Waals surface area (Å²) < 4.78 is 0. The van der Waals surface area contributed by atoms with E-state index >= 15 is 0 Å². The van der Waals surface area contributed by atoms with E-state index in [2.05, 4.69) is 5.32 Å². The minimum absolute atomic E-state index is 0.290. The fourth-order valence-electron chi connectivity index (χ4n) is 3.49. The van der Waals surface area contributed by atoms with Gasteiger partial charge in [0.25, 0.3) is 11.7 Å². The summed E-state index contributed by atoms with van der Waals surface area (Å²) >= 11 is 0. The zero-order valence-corrected chi connectivity index (χ0v) is 15.4. The first-order valence-electron chi connectivity index (χ1n) is 8.71. The van der Waals surface area contributed by atoms with Gasteiger partial charge >= 0.3 is 0 Å². The third-order valence-electron chi connectivity index (χ3n) is 4.87. The van der Waals surface area contributed by atoms with Crippen LogP contribution in [0.2, 0.25) is 0 Å². The van der Waals surface area contributed by atoms with Gasteiger partial charge in [0.2, 0.25) is 5.91 Å². The highest BCUT2D eigenvalue weighted by Crippen LogP contribution is 2.35. The van der Waals surface area contributed by atoms with E-state index in [1.54, 1.807) is 12.1 Å². The monoisotopic (exact) mass is 350 g/mol. The lowest BCUT2D eigenvalue weighted by molar-refractivity contribution is -0.121. The lowest BCUT2D eigenvalue weighted by Gasteiger charge is -2.27. The molecule has 5 heteroatoms. The molecule has 0 aromatic heterocycles. The van der Waals surface area contributed by atoms with Crippen molar-refractivity contribution < 1.29 is 14.4 Å². The molecule has 1 N–H and O–H groups in total. The molecule has 0 saturated heterocycles. The number of hydrogen-bond acceptors (Lipinski definition) is 3. The van der Waals surface area contributed by atoms with E-state index in [0.29, 0.717) is 17.7 Å². The van der Waals surface area contributed by atoms with Gasteiger partial charge in [-0.1, -0.05) is 37.3 Å². The normalized spacial score (nSPS) is 14.4. The first-order chi connectivity index (χ1) is 12.4. The molecule has 0 saturated carbocycles. The quantitative estimate of drug-likeness (QED) is 0.858. The van der Waals surface area contributed by atoms with E-state index in [0.717, 1.165) is 22.4 Å². The first-order valence-corrected chi connectivity index (χ1v) is 8.71. The summed E-state index contributed by atoms with van der Waals surface area (Å²) in [7, 11) is 0. The third-order valence-corrected chi connectivity index (χ3v) is 4.87. The predicted octanol–water partition coefficient (Wildman–Crippen LogP) is 3.56. The van der Waals surface area contributed by atoms with Gasteiger partial charge in [-0.15, -0.1) is 0 Å². The number of nitrogens with zero attached hydrogens (tertiary/aromatic N) is 1. The van der Waals surface area contributed by atoms with Crippen LogP contribution in [0.25, 0.3) is 0 Å². The average Bonchev–Trinajstić information content (AvgIpc) is 2.86. The van der Waals surface area contributed by atoms with Gasteiger partial charge in [0.1, 0.15) is 6.04 Å². The lowest BCUT2D eigenvalue weighted by atomic mass is 10.1. The number of ketones is 1. The summed E-state index contributed by atoms with van der Waals surface area (Å²) in [5.74, 6) is -1.48. The number of Topliss-reactive ketones (excluding diaryl/α,β-unsaturated/α-hetero) is 1. The Morgan fingerprint density at radius 3 is 2.19 bits per heavy atom. The molecule has 0 bridgehead atoms. The minimum Gasteiger partial charge on any atom is -0.324 e. The Balaban J connectivity index is 1.98. The van der Waals surface area contributed by atoms with E-state index in [1.807, 2.05) is 52.0 Å². The van der Waals surface area contributed by atoms with Crippen LogP contribution in [-0.2, 0) is 9.59 Å². The number of anilines is 2. The first kappa shape index (κ1) is 17.9. The molecule has 1 heterocycles. The lowest BCUT2D eigenvalue weighted by Crippen LogP contribution is -2.47. The molecule has 2 aromatic carbocycles. The maximum Gasteiger partial charge on any atom is 0.300 e. The number of benzene rings is 2. The number of carbonyl (C=O) groups is 3. The second kappa shape index (κ2) is 6.75. The van der Waals surface area contributed by atoms with Crippen LogP contribution in [0.4, 0.5) is 11.4 Å². The van der Waals surface area contributed by atoms with Crippen molar-refractivity contribution in [3.8, 4) is 0 Å². The zero-order chi connectivity index (χ0) is 19.0. The molecule has 0 fully saturated rings. The summed E-state index contributed by atoms with van der Waals surface area (Å²) in [6.07, 6.45) is 0.406. The summed E-state index contributed by atoms with van der Waals surface area (Å²) in [6.45, 7) is 7.53. The summed E-state index contributed by atoms with van der Waals surface area (Å²) in [5.41, 5.74) is 4.38. The molecule has 1 atom stereocenters. The van der Waals surface area contributed by atoms with E-state index in [4.69, 9.17) is 0 Å². The Bertz CT molecular complexity index is 897. The molecule has 1 aliphatic rings. The van der Waals surface area contributed by atoms with Crippen LogP contribution in [0.15, 0.2) is 36.4 Å². The molecule has 26 heavy (non-hydrogen) atoms. The number of carbonyl (C=O) groups excluding carboxylic acids is 3. The molecule has 1 unspecified atom stereocenters. The van der Waals surface area contributed by atoms with Crippen molar-refractivity contribution in [2.24, 2.45) is 0 Å². The van der Waals surface area contributed by atoms with Gasteiger partial charge in [0.15, 0.2) is 0 Å². The summed E-state index contributed by atoms with van der Waals surface area (Å²) in [5, 5.41) is 2.95. The van der Waals surface area contributed by atoms with Crippen molar-refractivity contribution in [3.63, 3.8) is 0 Å². The van der Waals surface area contributed by atoms with Gasteiger partial charge in [-0.2, -0.15) is 0 Å². The molecule has 1 aliphatic heterocycles. The number of hydrogen-bond donors (Lipinski definition) is 1. The van der Waals surface area contributed by atoms with E-state index in [-0.39, 0.29) is 5.91 Å². The Morgan fingerprint density at radius 1 is 1.00 bits per heavy atom. The van der Waals surface area contributed by atoms with Crippen LogP contribution < -0.4 is 10.2 Å². The Morgan fingerprint density at radius 2 is 1.58 bits per heavy atom. The molecule has 2 amide bonds. The third kappa shape index (κ3) is 2.79. The van der Waals surface area contributed by atoms with Crippen molar-refractivity contribution in [2.75, 3.05) is 10.2 Å². The highest BCUT2D eigenvalue weighted by molar-refractivity contribution is 6.53. The minimum atomic E-state index is -0.743. The Labute approximate surface area is 153 Å². The van der Waals surface area contributed by atoms with Crippen molar-refractivity contribution in [3.05, 3.63) is 58.7 Å². The van der Waals surface area contributed by atoms with Crippen LogP contribution >= 0.6 is 0 Å². The fourth-order valence-corrected chi connectivity index (χ4v) is 3.49. The van der Waals surface area contributed by atoms with Gasteiger partial charge in [-0.3, -0.25) is 19.3 Å². The van der Waals surface area contributed by atoms with E-state index in [9.17, 15) is 14.4 Å². The van der Waals surface area contributed by atoms with E-state index < -0.39 is 17.7 Å².